The molecular formula is C22H26N4O3S3. The molecule has 0 saturated carbocycles. The molecule has 1 aromatic carbocycles. The van der Waals surface area contributed by atoms with Gasteiger partial charge in [0.1, 0.15) is 10.3 Å². The van der Waals surface area contributed by atoms with Crippen molar-refractivity contribution in [2.24, 2.45) is 0 Å². The molecule has 2 saturated heterocycles. The summed E-state index contributed by atoms with van der Waals surface area (Å²) in [6, 6.07) is 7.01. The van der Waals surface area contributed by atoms with Crippen LogP contribution in [0.1, 0.15) is 24.0 Å². The lowest BCUT2D eigenvalue weighted by atomic mass is 10.1. The first-order valence-electron chi connectivity index (χ1n) is 10.8. The van der Waals surface area contributed by atoms with Gasteiger partial charge in [-0.05, 0) is 55.3 Å². The number of sulfonamides is 1. The molecule has 4 heterocycles. The average Bonchev–Trinajstić information content (AvgIpc) is 3.56. The lowest BCUT2D eigenvalue weighted by molar-refractivity contribution is -0.134. The summed E-state index contributed by atoms with van der Waals surface area (Å²) in [6.45, 7) is 7.17. The Morgan fingerprint density at radius 3 is 2.59 bits per heavy atom. The minimum Gasteiger partial charge on any atom is -0.345 e. The van der Waals surface area contributed by atoms with E-state index < -0.39 is 16.1 Å². The van der Waals surface area contributed by atoms with Crippen LogP contribution in [0, 0.1) is 13.8 Å². The highest BCUT2D eigenvalue weighted by atomic mass is 32.2. The molecule has 5 rings (SSSR count). The van der Waals surface area contributed by atoms with Crippen LogP contribution in [0.5, 0.6) is 0 Å². The van der Waals surface area contributed by atoms with Crippen LogP contribution in [0.2, 0.25) is 0 Å². The summed E-state index contributed by atoms with van der Waals surface area (Å²) in [5, 5.41) is 2.74. The highest BCUT2D eigenvalue weighted by molar-refractivity contribution is 7.91. The Bertz CT molecular complexity index is 1240. The molecular weight excluding hydrogens is 464 g/mol. The fourth-order valence-electron chi connectivity index (χ4n) is 4.48. The average molecular weight is 491 g/mol. The van der Waals surface area contributed by atoms with Crippen molar-refractivity contribution in [3.05, 3.63) is 40.8 Å². The van der Waals surface area contributed by atoms with Crippen molar-refractivity contribution in [2.45, 2.75) is 36.9 Å². The summed E-state index contributed by atoms with van der Waals surface area (Å²) < 4.78 is 28.9. The van der Waals surface area contributed by atoms with Crippen LogP contribution >= 0.6 is 22.7 Å². The van der Waals surface area contributed by atoms with Gasteiger partial charge >= 0.3 is 0 Å². The highest BCUT2D eigenvalue weighted by Crippen LogP contribution is 2.33. The molecule has 32 heavy (non-hydrogen) atoms. The largest absolute Gasteiger partial charge is 0.345 e. The number of benzene rings is 1. The van der Waals surface area contributed by atoms with Gasteiger partial charge in [0.2, 0.25) is 5.91 Å². The van der Waals surface area contributed by atoms with Gasteiger partial charge in [-0.1, -0.05) is 23.5 Å². The van der Waals surface area contributed by atoms with E-state index in [1.807, 2.05) is 4.90 Å². The van der Waals surface area contributed by atoms with Gasteiger partial charge in [-0.25, -0.2) is 13.4 Å². The number of fused-ring (bicyclic) bond motifs is 1. The van der Waals surface area contributed by atoms with Gasteiger partial charge in [0.25, 0.3) is 10.0 Å². The van der Waals surface area contributed by atoms with Gasteiger partial charge in [0.15, 0.2) is 5.13 Å². The second kappa shape index (κ2) is 8.40. The number of thiazole rings is 1. The summed E-state index contributed by atoms with van der Waals surface area (Å²) in [5.41, 5.74) is 3.51. The van der Waals surface area contributed by atoms with Crippen molar-refractivity contribution in [2.75, 3.05) is 37.6 Å². The van der Waals surface area contributed by atoms with Crippen molar-refractivity contribution >= 4 is 54.0 Å². The van der Waals surface area contributed by atoms with Gasteiger partial charge in [-0.3, -0.25) is 4.79 Å². The third-order valence-electron chi connectivity index (χ3n) is 6.48. The first-order valence-corrected chi connectivity index (χ1v) is 14.0. The monoisotopic (exact) mass is 490 g/mol. The molecule has 2 aliphatic rings. The first-order chi connectivity index (χ1) is 15.4. The lowest BCUT2D eigenvalue weighted by Gasteiger charge is -2.37. The van der Waals surface area contributed by atoms with Crippen LogP contribution in [0.25, 0.3) is 10.2 Å². The normalized spacial score (nSPS) is 20.4. The topological polar surface area (TPSA) is 73.8 Å². The summed E-state index contributed by atoms with van der Waals surface area (Å²) in [6.07, 6.45) is 1.30. The quantitative estimate of drug-likeness (QED) is 0.560. The zero-order valence-corrected chi connectivity index (χ0v) is 20.6. The SMILES string of the molecule is Cc1ccc2sc(N3CCN(C(=O)C4CCCN4S(=O)(=O)c4cccs4)CC3)nc2c1C. The number of piperazine rings is 1. The molecule has 2 fully saturated rings. The van der Waals surface area contributed by atoms with Crippen LogP contribution in [-0.4, -0.2) is 67.3 Å². The van der Waals surface area contributed by atoms with E-state index in [0.29, 0.717) is 49.8 Å². The zero-order chi connectivity index (χ0) is 22.5. The number of thiophene rings is 1. The molecule has 3 aromatic rings. The molecule has 1 unspecified atom stereocenters. The Labute approximate surface area is 196 Å². The molecule has 0 radical (unpaired) electrons. The first kappa shape index (κ1) is 21.8. The van der Waals surface area contributed by atoms with Crippen LogP contribution in [0.4, 0.5) is 5.13 Å². The standard InChI is InChI=1S/C22H26N4O3S3/c1-15-7-8-18-20(16(15)2)23-22(31-18)25-12-10-24(11-13-25)21(27)17-5-3-9-26(17)32(28,29)19-6-4-14-30-19/h4,6-8,14,17H,3,5,9-13H2,1-2H3. The van der Waals surface area contributed by atoms with Crippen LogP contribution in [0.15, 0.2) is 33.9 Å². The molecule has 1 amide bonds. The van der Waals surface area contributed by atoms with E-state index in [2.05, 4.69) is 30.9 Å². The van der Waals surface area contributed by atoms with E-state index in [1.54, 1.807) is 28.8 Å². The number of rotatable bonds is 4. The predicted octanol–water partition coefficient (Wildman–Crippen LogP) is 3.48. The minimum absolute atomic E-state index is 0.0712. The van der Waals surface area contributed by atoms with Crippen molar-refractivity contribution < 1.29 is 13.2 Å². The third kappa shape index (κ3) is 3.72. The summed E-state index contributed by atoms with van der Waals surface area (Å²) in [7, 11) is -3.62. The van der Waals surface area contributed by atoms with E-state index in [1.165, 1.54) is 31.5 Å². The molecule has 2 aromatic heterocycles. The molecule has 0 N–H and O–H groups in total. The highest BCUT2D eigenvalue weighted by Gasteiger charge is 2.42. The molecule has 170 valence electrons. The summed E-state index contributed by atoms with van der Waals surface area (Å²) in [4.78, 5) is 22.2. The van der Waals surface area contributed by atoms with Gasteiger partial charge in [-0.15, -0.1) is 11.3 Å². The Balaban J connectivity index is 1.28. The van der Waals surface area contributed by atoms with Crippen molar-refractivity contribution in [1.29, 1.82) is 0 Å². The molecule has 10 heteroatoms. The maximum Gasteiger partial charge on any atom is 0.253 e. The number of anilines is 1. The van der Waals surface area contributed by atoms with E-state index in [9.17, 15) is 13.2 Å². The molecule has 1 atom stereocenters. The Morgan fingerprint density at radius 2 is 1.88 bits per heavy atom. The zero-order valence-electron chi connectivity index (χ0n) is 18.2. The number of carbonyl (C=O) groups excluding carboxylic acids is 1. The Morgan fingerprint density at radius 1 is 1.09 bits per heavy atom. The third-order valence-corrected chi connectivity index (χ3v) is 10.8. The van der Waals surface area contributed by atoms with Crippen molar-refractivity contribution in [3.63, 3.8) is 0 Å². The van der Waals surface area contributed by atoms with Crippen LogP contribution < -0.4 is 4.90 Å². The van der Waals surface area contributed by atoms with E-state index in [4.69, 9.17) is 4.98 Å². The van der Waals surface area contributed by atoms with Crippen LogP contribution in [0.3, 0.4) is 0 Å². The number of aryl methyl sites for hydroxylation is 2. The molecule has 0 spiro atoms. The predicted molar refractivity (Wildman–Crippen MR) is 129 cm³/mol. The van der Waals surface area contributed by atoms with Gasteiger partial charge in [0.05, 0.1) is 10.2 Å². The maximum absolute atomic E-state index is 13.3. The fraction of sp³-hybridized carbons (Fsp3) is 0.455. The Hall–Kier alpha value is -2.01. The lowest BCUT2D eigenvalue weighted by Crippen LogP contribution is -2.54. The number of hydrogen-bond donors (Lipinski definition) is 0. The Kier molecular flexibility index (Phi) is 5.73. The van der Waals surface area contributed by atoms with Crippen LogP contribution in [-0.2, 0) is 14.8 Å². The number of amides is 1. The second-order valence-electron chi connectivity index (χ2n) is 8.37. The summed E-state index contributed by atoms with van der Waals surface area (Å²) in [5.74, 6) is -0.0712. The van der Waals surface area contributed by atoms with E-state index >= 15 is 0 Å². The van der Waals surface area contributed by atoms with Gasteiger partial charge < -0.3 is 9.80 Å². The number of aromatic nitrogens is 1. The molecule has 0 aliphatic carbocycles. The number of carbonyl (C=O) groups is 1. The molecule has 2 aliphatic heterocycles. The number of hydrogen-bond acceptors (Lipinski definition) is 7. The molecule has 0 bridgehead atoms. The van der Waals surface area contributed by atoms with Gasteiger partial charge in [0, 0.05) is 32.7 Å². The van der Waals surface area contributed by atoms with Crippen molar-refractivity contribution in [3.8, 4) is 0 Å². The second-order valence-corrected chi connectivity index (χ2v) is 12.4. The smallest absolute Gasteiger partial charge is 0.253 e. The minimum atomic E-state index is -3.62. The number of nitrogens with zero attached hydrogens (tertiary/aromatic N) is 4. The van der Waals surface area contributed by atoms with E-state index in [0.717, 1.165) is 10.6 Å². The maximum atomic E-state index is 13.3. The van der Waals surface area contributed by atoms with Gasteiger partial charge in [-0.2, -0.15) is 4.31 Å². The summed E-state index contributed by atoms with van der Waals surface area (Å²) >= 11 is 2.89. The van der Waals surface area contributed by atoms with Crippen molar-refractivity contribution in [1.82, 2.24) is 14.2 Å². The molecule has 7 nitrogen and oxygen atoms in total. The fourth-order valence-corrected chi connectivity index (χ4v) is 8.33. The van der Waals surface area contributed by atoms with E-state index in [-0.39, 0.29) is 5.91 Å².